The molecule has 1 aliphatic rings. The molecule has 0 radical (unpaired) electrons. The highest BCUT2D eigenvalue weighted by Gasteiger charge is 2.25. The van der Waals surface area contributed by atoms with Gasteiger partial charge in [-0.15, -0.1) is 11.3 Å². The van der Waals surface area contributed by atoms with Gasteiger partial charge in [-0.25, -0.2) is 4.98 Å². The Kier molecular flexibility index (Phi) is 4.12. The molecule has 1 aromatic rings. The minimum absolute atomic E-state index is 0.0424. The minimum atomic E-state index is -0.0424. The molecule has 0 aromatic carbocycles. The van der Waals surface area contributed by atoms with Gasteiger partial charge < -0.3 is 10.6 Å². The quantitative estimate of drug-likeness (QED) is 0.890. The Bertz CT molecular complexity index is 356. The van der Waals surface area contributed by atoms with E-state index in [1.807, 2.05) is 23.4 Å². The molecule has 1 aliphatic heterocycles. The molecule has 5 heteroatoms. The van der Waals surface area contributed by atoms with E-state index in [-0.39, 0.29) is 11.9 Å². The van der Waals surface area contributed by atoms with Gasteiger partial charge >= 0.3 is 0 Å². The Labute approximate surface area is 106 Å². The molecule has 4 nitrogen and oxygen atoms in total. The molecule has 94 valence electrons. The van der Waals surface area contributed by atoms with Crippen molar-refractivity contribution < 1.29 is 4.79 Å². The van der Waals surface area contributed by atoms with E-state index in [1.54, 1.807) is 11.3 Å². The van der Waals surface area contributed by atoms with E-state index >= 15 is 0 Å². The van der Waals surface area contributed by atoms with Gasteiger partial charge in [0.25, 0.3) is 0 Å². The van der Waals surface area contributed by atoms with Crippen molar-refractivity contribution >= 4 is 17.2 Å². The zero-order valence-electron chi connectivity index (χ0n) is 10.1. The number of likely N-dealkylation sites (tertiary alicyclic amines) is 1. The largest absolute Gasteiger partial charge is 0.343 e. The van der Waals surface area contributed by atoms with E-state index in [0.29, 0.717) is 12.3 Å². The first kappa shape index (κ1) is 12.5. The van der Waals surface area contributed by atoms with Crippen LogP contribution in [0.25, 0.3) is 0 Å². The smallest absolute Gasteiger partial charge is 0.224 e. The van der Waals surface area contributed by atoms with Crippen molar-refractivity contribution in [3.05, 3.63) is 16.6 Å². The number of carbonyl (C=O) groups is 1. The van der Waals surface area contributed by atoms with Crippen molar-refractivity contribution in [3.63, 3.8) is 0 Å². The van der Waals surface area contributed by atoms with E-state index in [9.17, 15) is 4.79 Å². The van der Waals surface area contributed by atoms with Crippen LogP contribution in [0.4, 0.5) is 0 Å². The fourth-order valence-electron chi connectivity index (χ4n) is 2.22. The molecule has 1 unspecified atom stereocenters. The minimum Gasteiger partial charge on any atom is -0.343 e. The van der Waals surface area contributed by atoms with Crippen molar-refractivity contribution in [2.45, 2.75) is 38.1 Å². The maximum atomic E-state index is 11.8. The number of piperidine rings is 1. The van der Waals surface area contributed by atoms with Crippen LogP contribution in [0.1, 0.15) is 37.1 Å². The van der Waals surface area contributed by atoms with Gasteiger partial charge in [0.2, 0.25) is 5.91 Å². The molecule has 1 atom stereocenters. The zero-order chi connectivity index (χ0) is 12.3. The van der Waals surface area contributed by atoms with E-state index in [4.69, 9.17) is 5.73 Å². The summed E-state index contributed by atoms with van der Waals surface area (Å²) in [4.78, 5) is 18.1. The van der Waals surface area contributed by atoms with Crippen LogP contribution in [0, 0.1) is 0 Å². The van der Waals surface area contributed by atoms with E-state index in [2.05, 4.69) is 4.98 Å². The summed E-state index contributed by atoms with van der Waals surface area (Å²) in [6.07, 6.45) is 4.37. The standard InChI is InChI=1S/C12H19N3OS/c1-9(13)8-11(16)15-5-2-10(3-6-15)12-14-4-7-17-12/h4,7,9-10H,2-3,5-6,8,13H2,1H3. The van der Waals surface area contributed by atoms with Crippen molar-refractivity contribution in [3.8, 4) is 0 Å². The number of hydrogen-bond donors (Lipinski definition) is 1. The third kappa shape index (κ3) is 3.26. The molecule has 1 fully saturated rings. The lowest BCUT2D eigenvalue weighted by molar-refractivity contribution is -0.132. The maximum Gasteiger partial charge on any atom is 0.224 e. The average molecular weight is 253 g/mol. The highest BCUT2D eigenvalue weighted by atomic mass is 32.1. The van der Waals surface area contributed by atoms with Crippen LogP contribution in [-0.4, -0.2) is 34.9 Å². The van der Waals surface area contributed by atoms with Crippen LogP contribution in [0.2, 0.25) is 0 Å². The topological polar surface area (TPSA) is 59.2 Å². The van der Waals surface area contributed by atoms with Gasteiger partial charge in [-0.2, -0.15) is 0 Å². The Balaban J connectivity index is 1.84. The first-order valence-electron chi connectivity index (χ1n) is 6.09. The number of carbonyl (C=O) groups excluding carboxylic acids is 1. The summed E-state index contributed by atoms with van der Waals surface area (Å²) in [6.45, 7) is 3.56. The molecule has 2 rings (SSSR count). The lowest BCUT2D eigenvalue weighted by Crippen LogP contribution is -2.40. The van der Waals surface area contributed by atoms with Gasteiger partial charge in [0.15, 0.2) is 0 Å². The lowest BCUT2D eigenvalue weighted by atomic mass is 9.97. The molecule has 17 heavy (non-hydrogen) atoms. The first-order valence-corrected chi connectivity index (χ1v) is 6.97. The predicted molar refractivity (Wildman–Crippen MR) is 68.9 cm³/mol. The molecule has 1 aromatic heterocycles. The maximum absolute atomic E-state index is 11.8. The average Bonchev–Trinajstić information content (AvgIpc) is 2.82. The summed E-state index contributed by atoms with van der Waals surface area (Å²) in [6, 6.07) is -0.0424. The van der Waals surface area contributed by atoms with Crippen LogP contribution >= 0.6 is 11.3 Å². The summed E-state index contributed by atoms with van der Waals surface area (Å²) < 4.78 is 0. The van der Waals surface area contributed by atoms with Gasteiger partial charge in [-0.1, -0.05) is 0 Å². The van der Waals surface area contributed by atoms with Crippen molar-refractivity contribution in [1.82, 2.24) is 9.88 Å². The fourth-order valence-corrected chi connectivity index (χ4v) is 3.03. The SMILES string of the molecule is CC(N)CC(=O)N1CCC(c2nccs2)CC1. The molecular formula is C12H19N3OS. The van der Waals surface area contributed by atoms with Crippen LogP contribution in [-0.2, 0) is 4.79 Å². The summed E-state index contributed by atoms with van der Waals surface area (Å²) in [5, 5.41) is 3.23. The van der Waals surface area contributed by atoms with Crippen molar-refractivity contribution in [1.29, 1.82) is 0 Å². The third-order valence-electron chi connectivity index (χ3n) is 3.14. The Hall–Kier alpha value is -0.940. The number of hydrogen-bond acceptors (Lipinski definition) is 4. The molecule has 2 heterocycles. The highest BCUT2D eigenvalue weighted by molar-refractivity contribution is 7.09. The number of rotatable bonds is 3. The second-order valence-corrected chi connectivity index (χ2v) is 5.63. The fraction of sp³-hybridized carbons (Fsp3) is 0.667. The monoisotopic (exact) mass is 253 g/mol. The molecule has 0 bridgehead atoms. The molecule has 0 aliphatic carbocycles. The normalized spacial score (nSPS) is 19.3. The van der Waals surface area contributed by atoms with Gasteiger partial charge in [-0.3, -0.25) is 4.79 Å². The summed E-state index contributed by atoms with van der Waals surface area (Å²) in [5.41, 5.74) is 5.65. The van der Waals surface area contributed by atoms with Crippen LogP contribution < -0.4 is 5.73 Å². The van der Waals surface area contributed by atoms with E-state index < -0.39 is 0 Å². The number of nitrogens with two attached hydrogens (primary N) is 1. The predicted octanol–water partition coefficient (Wildman–Crippen LogP) is 1.59. The number of nitrogens with zero attached hydrogens (tertiary/aromatic N) is 2. The molecule has 0 spiro atoms. The zero-order valence-corrected chi connectivity index (χ0v) is 10.9. The van der Waals surface area contributed by atoms with Gasteiger partial charge in [0.1, 0.15) is 0 Å². The van der Waals surface area contributed by atoms with E-state index in [1.165, 1.54) is 5.01 Å². The van der Waals surface area contributed by atoms with Gasteiger partial charge in [0.05, 0.1) is 5.01 Å². The highest BCUT2D eigenvalue weighted by Crippen LogP contribution is 2.29. The lowest BCUT2D eigenvalue weighted by Gasteiger charge is -2.31. The van der Waals surface area contributed by atoms with Gasteiger partial charge in [0, 0.05) is 43.0 Å². The second-order valence-electron chi connectivity index (χ2n) is 4.71. The second kappa shape index (κ2) is 5.60. The molecule has 0 saturated carbocycles. The molecular weight excluding hydrogens is 234 g/mol. The summed E-state index contributed by atoms with van der Waals surface area (Å²) in [7, 11) is 0. The van der Waals surface area contributed by atoms with Gasteiger partial charge in [-0.05, 0) is 19.8 Å². The third-order valence-corrected chi connectivity index (χ3v) is 4.08. The Morgan fingerprint density at radius 1 is 1.65 bits per heavy atom. The molecule has 2 N–H and O–H groups in total. The number of aromatic nitrogens is 1. The Morgan fingerprint density at radius 2 is 2.35 bits per heavy atom. The van der Waals surface area contributed by atoms with Crippen LogP contribution in [0.3, 0.4) is 0 Å². The first-order chi connectivity index (χ1) is 8.16. The molecule has 1 amide bonds. The van der Waals surface area contributed by atoms with Crippen molar-refractivity contribution in [2.75, 3.05) is 13.1 Å². The van der Waals surface area contributed by atoms with Crippen LogP contribution in [0.5, 0.6) is 0 Å². The Morgan fingerprint density at radius 3 is 2.88 bits per heavy atom. The molecule has 1 saturated heterocycles. The summed E-state index contributed by atoms with van der Waals surface area (Å²) in [5.74, 6) is 0.729. The van der Waals surface area contributed by atoms with Crippen LogP contribution in [0.15, 0.2) is 11.6 Å². The van der Waals surface area contributed by atoms with E-state index in [0.717, 1.165) is 25.9 Å². The number of thiazole rings is 1. The number of amides is 1. The summed E-state index contributed by atoms with van der Waals surface area (Å²) >= 11 is 1.72. The van der Waals surface area contributed by atoms with Crippen molar-refractivity contribution in [2.24, 2.45) is 5.73 Å².